The average Bonchev–Trinajstić information content (AvgIpc) is 3.15. The Hall–Kier alpha value is -2.88. The van der Waals surface area contributed by atoms with Gasteiger partial charge in [0.1, 0.15) is 5.82 Å². The van der Waals surface area contributed by atoms with Crippen molar-refractivity contribution < 1.29 is 18.7 Å². The monoisotopic (exact) mass is 390 g/mol. The topological polar surface area (TPSA) is 93.5 Å². The lowest BCUT2D eigenvalue weighted by Gasteiger charge is -2.34. The van der Waals surface area contributed by atoms with Crippen molar-refractivity contribution in [2.45, 2.75) is 26.3 Å². The molecule has 1 fully saturated rings. The van der Waals surface area contributed by atoms with Gasteiger partial charge in [0.25, 0.3) is 0 Å². The summed E-state index contributed by atoms with van der Waals surface area (Å²) in [5.41, 5.74) is 0.563. The minimum atomic E-state index is -0.353. The standard InChI is InChI=1S/C18H23FN6O3/c1-2-28-18(27)7-6-17(26)24-10-8-23(9-11-24)13-16-20-21-22-25(16)15-5-3-4-14(19)12-15/h3-5,12H,2,6-11,13H2,1H3. The van der Waals surface area contributed by atoms with Crippen molar-refractivity contribution in [1.82, 2.24) is 30.0 Å². The maximum absolute atomic E-state index is 13.5. The molecule has 3 rings (SSSR count). The largest absolute Gasteiger partial charge is 0.466 e. The number of nitrogens with zero attached hydrogens (tertiary/aromatic N) is 6. The Morgan fingerprint density at radius 2 is 1.96 bits per heavy atom. The SMILES string of the molecule is CCOC(=O)CCC(=O)N1CCN(Cc2nnnn2-c2cccc(F)c2)CC1. The third-order valence-corrected chi connectivity index (χ3v) is 4.53. The van der Waals surface area contributed by atoms with Gasteiger partial charge >= 0.3 is 5.97 Å². The minimum Gasteiger partial charge on any atom is -0.466 e. The van der Waals surface area contributed by atoms with E-state index in [4.69, 9.17) is 4.74 Å². The first-order valence-electron chi connectivity index (χ1n) is 9.25. The molecule has 0 atom stereocenters. The zero-order valence-electron chi connectivity index (χ0n) is 15.8. The molecule has 150 valence electrons. The Morgan fingerprint density at radius 3 is 2.68 bits per heavy atom. The van der Waals surface area contributed by atoms with Gasteiger partial charge in [-0.3, -0.25) is 14.5 Å². The number of esters is 1. The summed E-state index contributed by atoms with van der Waals surface area (Å²) in [6, 6.07) is 6.09. The molecule has 0 spiro atoms. The van der Waals surface area contributed by atoms with Crippen LogP contribution in [0.2, 0.25) is 0 Å². The van der Waals surface area contributed by atoms with E-state index in [2.05, 4.69) is 20.4 Å². The maximum atomic E-state index is 13.5. The van der Waals surface area contributed by atoms with Gasteiger partial charge < -0.3 is 9.64 Å². The second-order valence-electron chi connectivity index (χ2n) is 6.45. The normalized spacial score (nSPS) is 14.9. The highest BCUT2D eigenvalue weighted by molar-refractivity contribution is 5.81. The molecule has 1 aromatic carbocycles. The molecule has 1 aromatic heterocycles. The molecule has 0 bridgehead atoms. The summed E-state index contributed by atoms with van der Waals surface area (Å²) >= 11 is 0. The highest BCUT2D eigenvalue weighted by Crippen LogP contribution is 2.13. The first-order chi connectivity index (χ1) is 13.6. The van der Waals surface area contributed by atoms with E-state index < -0.39 is 0 Å². The van der Waals surface area contributed by atoms with Crippen LogP contribution >= 0.6 is 0 Å². The van der Waals surface area contributed by atoms with Crippen LogP contribution in [0.15, 0.2) is 24.3 Å². The van der Waals surface area contributed by atoms with E-state index in [0.717, 1.165) is 0 Å². The van der Waals surface area contributed by atoms with Crippen LogP contribution in [0.25, 0.3) is 5.69 Å². The van der Waals surface area contributed by atoms with Gasteiger partial charge in [0.2, 0.25) is 5.91 Å². The molecule has 1 amide bonds. The van der Waals surface area contributed by atoms with Crippen LogP contribution in [-0.2, 0) is 20.9 Å². The average molecular weight is 390 g/mol. The van der Waals surface area contributed by atoms with Crippen molar-refractivity contribution in [2.75, 3.05) is 32.8 Å². The maximum Gasteiger partial charge on any atom is 0.306 e. The molecule has 0 saturated carbocycles. The van der Waals surface area contributed by atoms with Gasteiger partial charge in [0, 0.05) is 32.6 Å². The van der Waals surface area contributed by atoms with E-state index in [1.54, 1.807) is 24.0 Å². The number of ether oxygens (including phenoxy) is 1. The molecule has 0 unspecified atom stereocenters. The molecular weight excluding hydrogens is 367 g/mol. The van der Waals surface area contributed by atoms with Crippen molar-refractivity contribution in [3.8, 4) is 5.69 Å². The molecule has 0 aliphatic carbocycles. The van der Waals surface area contributed by atoms with Gasteiger partial charge in [-0.05, 0) is 35.5 Å². The van der Waals surface area contributed by atoms with E-state index in [0.29, 0.717) is 50.8 Å². The molecule has 2 heterocycles. The Labute approximate surface area is 162 Å². The first-order valence-corrected chi connectivity index (χ1v) is 9.25. The summed E-state index contributed by atoms with van der Waals surface area (Å²) in [5.74, 6) is -0.141. The van der Waals surface area contributed by atoms with Gasteiger partial charge in [-0.15, -0.1) is 5.10 Å². The molecular formula is C18H23FN6O3. The first kappa shape index (κ1) is 19.9. The highest BCUT2D eigenvalue weighted by Gasteiger charge is 2.23. The molecule has 28 heavy (non-hydrogen) atoms. The van der Waals surface area contributed by atoms with Gasteiger partial charge in [0.05, 0.1) is 25.3 Å². The molecule has 9 nitrogen and oxygen atoms in total. The summed E-state index contributed by atoms with van der Waals surface area (Å²) < 4.78 is 19.8. The van der Waals surface area contributed by atoms with E-state index in [-0.39, 0.29) is 30.5 Å². The molecule has 0 radical (unpaired) electrons. The molecule has 2 aromatic rings. The van der Waals surface area contributed by atoms with Crippen molar-refractivity contribution in [1.29, 1.82) is 0 Å². The Kier molecular flexibility index (Phi) is 6.64. The number of hydrogen-bond donors (Lipinski definition) is 0. The lowest BCUT2D eigenvalue weighted by Crippen LogP contribution is -2.48. The quantitative estimate of drug-likeness (QED) is 0.645. The number of carbonyl (C=O) groups excluding carboxylic acids is 2. The number of halogens is 1. The summed E-state index contributed by atoms with van der Waals surface area (Å²) in [7, 11) is 0. The van der Waals surface area contributed by atoms with Gasteiger partial charge in [-0.2, -0.15) is 4.68 Å². The highest BCUT2D eigenvalue weighted by atomic mass is 19.1. The number of aromatic nitrogens is 4. The fourth-order valence-electron chi connectivity index (χ4n) is 3.07. The molecule has 1 aliphatic rings. The molecule has 1 saturated heterocycles. The van der Waals surface area contributed by atoms with Crippen molar-refractivity contribution in [2.24, 2.45) is 0 Å². The minimum absolute atomic E-state index is 0.0442. The van der Waals surface area contributed by atoms with E-state index >= 15 is 0 Å². The van der Waals surface area contributed by atoms with Crippen LogP contribution in [0.3, 0.4) is 0 Å². The zero-order chi connectivity index (χ0) is 19.9. The van der Waals surface area contributed by atoms with Crippen LogP contribution in [0.1, 0.15) is 25.6 Å². The van der Waals surface area contributed by atoms with Gasteiger partial charge in [-0.25, -0.2) is 4.39 Å². The van der Waals surface area contributed by atoms with Crippen molar-refractivity contribution in [3.63, 3.8) is 0 Å². The number of carbonyl (C=O) groups is 2. The summed E-state index contributed by atoms with van der Waals surface area (Å²) in [4.78, 5) is 27.5. The van der Waals surface area contributed by atoms with Gasteiger partial charge in [0.15, 0.2) is 5.82 Å². The summed E-state index contributed by atoms with van der Waals surface area (Å²) in [5, 5.41) is 11.7. The number of rotatable bonds is 7. The number of hydrogen-bond acceptors (Lipinski definition) is 7. The van der Waals surface area contributed by atoms with Crippen LogP contribution in [-0.4, -0.2) is 74.7 Å². The Bertz CT molecular complexity index is 819. The number of amides is 1. The second kappa shape index (κ2) is 9.36. The predicted molar refractivity (Wildman–Crippen MR) is 96.8 cm³/mol. The second-order valence-corrected chi connectivity index (χ2v) is 6.45. The zero-order valence-corrected chi connectivity index (χ0v) is 15.8. The Morgan fingerprint density at radius 1 is 1.18 bits per heavy atom. The molecule has 1 aliphatic heterocycles. The predicted octanol–water partition coefficient (Wildman–Crippen LogP) is 0.789. The third kappa shape index (κ3) is 5.10. The lowest BCUT2D eigenvalue weighted by molar-refractivity contribution is -0.146. The smallest absolute Gasteiger partial charge is 0.306 e. The van der Waals surface area contributed by atoms with Crippen LogP contribution < -0.4 is 0 Å². The van der Waals surface area contributed by atoms with Gasteiger partial charge in [-0.1, -0.05) is 6.07 Å². The van der Waals surface area contributed by atoms with E-state index in [1.165, 1.54) is 16.8 Å². The fourth-order valence-corrected chi connectivity index (χ4v) is 3.07. The van der Waals surface area contributed by atoms with Crippen molar-refractivity contribution >= 4 is 11.9 Å². The number of benzene rings is 1. The Balaban J connectivity index is 1.51. The van der Waals surface area contributed by atoms with Crippen LogP contribution in [0, 0.1) is 5.82 Å². The molecule has 10 heteroatoms. The van der Waals surface area contributed by atoms with E-state index in [1.807, 2.05) is 0 Å². The van der Waals surface area contributed by atoms with Crippen LogP contribution in [0.5, 0.6) is 0 Å². The summed E-state index contributed by atoms with van der Waals surface area (Å²) in [6.45, 7) is 5.04. The fraction of sp³-hybridized carbons (Fsp3) is 0.500. The molecule has 0 N–H and O–H groups in total. The number of piperazine rings is 1. The van der Waals surface area contributed by atoms with Crippen molar-refractivity contribution in [3.05, 3.63) is 35.9 Å². The lowest BCUT2D eigenvalue weighted by atomic mass is 10.2. The van der Waals surface area contributed by atoms with E-state index in [9.17, 15) is 14.0 Å². The third-order valence-electron chi connectivity index (χ3n) is 4.53. The number of tetrazole rings is 1. The summed E-state index contributed by atoms with van der Waals surface area (Å²) in [6.07, 6.45) is 0.270. The van der Waals surface area contributed by atoms with Crippen LogP contribution in [0.4, 0.5) is 4.39 Å².